The lowest BCUT2D eigenvalue weighted by atomic mass is 10.2. The molecule has 0 N–H and O–H groups in total. The molecule has 1 aliphatic heterocycles. The topological polar surface area (TPSA) is 92.6 Å². The third-order valence-electron chi connectivity index (χ3n) is 4.92. The highest BCUT2D eigenvalue weighted by atomic mass is 32.2. The molecule has 1 aliphatic rings. The van der Waals surface area contributed by atoms with Crippen molar-refractivity contribution in [2.75, 3.05) is 25.5 Å². The number of hydrogen-bond donors (Lipinski definition) is 0. The van der Waals surface area contributed by atoms with E-state index >= 15 is 0 Å². The van der Waals surface area contributed by atoms with Crippen LogP contribution in [0.2, 0.25) is 0 Å². The molecule has 0 saturated heterocycles. The van der Waals surface area contributed by atoms with Crippen molar-refractivity contribution in [3.8, 4) is 0 Å². The number of fused-ring (bicyclic) bond motifs is 1. The third-order valence-corrected chi connectivity index (χ3v) is 6.73. The summed E-state index contributed by atoms with van der Waals surface area (Å²) < 4.78 is 27.3. The highest BCUT2D eigenvalue weighted by molar-refractivity contribution is 7.89. The average Bonchev–Trinajstić information content (AvgIpc) is 3.03. The Morgan fingerprint density at radius 3 is 2.57 bits per heavy atom. The van der Waals surface area contributed by atoms with Gasteiger partial charge in [-0.2, -0.15) is 4.98 Å². The van der Waals surface area contributed by atoms with Crippen molar-refractivity contribution in [2.24, 2.45) is 0 Å². The second-order valence-corrected chi connectivity index (χ2v) is 9.25. The van der Waals surface area contributed by atoms with E-state index in [1.54, 1.807) is 24.0 Å². The van der Waals surface area contributed by atoms with Crippen molar-refractivity contribution in [1.82, 2.24) is 13.9 Å². The zero-order chi connectivity index (χ0) is 20.6. The molecule has 0 saturated carbocycles. The molecule has 2 aromatic rings. The number of anilines is 1. The number of amides is 1. The van der Waals surface area contributed by atoms with Crippen molar-refractivity contribution in [2.45, 2.75) is 38.1 Å². The largest absolute Gasteiger partial charge is 0.347 e. The number of hydrogen-bond acceptors (Lipinski definition) is 5. The van der Waals surface area contributed by atoms with Crippen LogP contribution in [0.15, 0.2) is 34.0 Å². The number of nitrogens with zero attached hydrogens (tertiary/aromatic N) is 4. The molecule has 0 fully saturated rings. The van der Waals surface area contributed by atoms with Crippen LogP contribution >= 0.6 is 0 Å². The molecular weight excluding hydrogens is 380 g/mol. The van der Waals surface area contributed by atoms with E-state index in [4.69, 9.17) is 0 Å². The van der Waals surface area contributed by atoms with Gasteiger partial charge in [0.25, 0.3) is 0 Å². The minimum absolute atomic E-state index is 0.103. The lowest BCUT2D eigenvalue weighted by Crippen LogP contribution is -2.32. The summed E-state index contributed by atoms with van der Waals surface area (Å²) in [6.45, 7) is 4.34. The molecule has 0 aliphatic carbocycles. The minimum Gasteiger partial charge on any atom is -0.312 e. The summed E-state index contributed by atoms with van der Waals surface area (Å²) in [5.41, 5.74) is 2.63. The van der Waals surface area contributed by atoms with Gasteiger partial charge in [0.05, 0.1) is 4.90 Å². The Balaban J connectivity index is 1.77. The molecule has 1 aromatic carbocycles. The first kappa shape index (κ1) is 20.2. The van der Waals surface area contributed by atoms with E-state index in [9.17, 15) is 18.0 Å². The minimum atomic E-state index is -3.51. The second-order valence-electron chi connectivity index (χ2n) is 7.10. The fourth-order valence-electron chi connectivity index (χ4n) is 3.40. The van der Waals surface area contributed by atoms with Gasteiger partial charge in [0.2, 0.25) is 15.9 Å². The summed E-state index contributed by atoms with van der Waals surface area (Å²) in [7, 11) is -0.534. The third kappa shape index (κ3) is 3.72. The van der Waals surface area contributed by atoms with Gasteiger partial charge in [0.15, 0.2) is 0 Å². The monoisotopic (exact) mass is 404 g/mol. The molecule has 0 unspecified atom stereocenters. The Morgan fingerprint density at radius 1 is 1.21 bits per heavy atom. The first-order valence-electron chi connectivity index (χ1n) is 9.02. The molecule has 0 spiro atoms. The fraction of sp³-hybridized carbons (Fsp3) is 0.421. The van der Waals surface area contributed by atoms with Crippen LogP contribution in [0.4, 0.5) is 5.69 Å². The first-order chi connectivity index (χ1) is 13.1. The van der Waals surface area contributed by atoms with Gasteiger partial charge < -0.3 is 4.90 Å². The van der Waals surface area contributed by atoms with Crippen LogP contribution in [0.25, 0.3) is 0 Å². The highest BCUT2D eigenvalue weighted by Gasteiger charge is 2.27. The summed E-state index contributed by atoms with van der Waals surface area (Å²) in [6.07, 6.45) is 0.769. The van der Waals surface area contributed by atoms with E-state index in [1.807, 2.05) is 13.0 Å². The van der Waals surface area contributed by atoms with Gasteiger partial charge in [-0.15, -0.1) is 0 Å². The number of sulfonamides is 1. The van der Waals surface area contributed by atoms with Gasteiger partial charge in [-0.3, -0.25) is 9.36 Å². The molecule has 2 heterocycles. The maximum absolute atomic E-state index is 12.7. The fourth-order valence-corrected chi connectivity index (χ4v) is 4.35. The van der Waals surface area contributed by atoms with Crippen LogP contribution < -0.4 is 10.6 Å². The summed E-state index contributed by atoms with van der Waals surface area (Å²) in [5.74, 6) is -0.103. The quantitative estimate of drug-likeness (QED) is 0.744. The van der Waals surface area contributed by atoms with Crippen molar-refractivity contribution in [3.05, 3.63) is 51.7 Å². The Kier molecular flexibility index (Phi) is 5.40. The van der Waals surface area contributed by atoms with Crippen LogP contribution in [0.5, 0.6) is 0 Å². The Hall–Kier alpha value is -2.52. The van der Waals surface area contributed by atoms with Crippen molar-refractivity contribution in [3.63, 3.8) is 0 Å². The van der Waals surface area contributed by atoms with Crippen LogP contribution in [0.3, 0.4) is 0 Å². The lowest BCUT2D eigenvalue weighted by molar-refractivity contribution is -0.118. The number of carbonyl (C=O) groups excluding carboxylic acids is 1. The number of aromatic nitrogens is 2. The van der Waals surface area contributed by atoms with Gasteiger partial charge in [-0.1, -0.05) is 0 Å². The van der Waals surface area contributed by atoms with E-state index in [1.165, 1.54) is 29.0 Å². The standard InChI is InChI=1S/C19H24N4O4S/c1-13-11-14(2)22(19(25)20-13)10-8-18(24)23-9-7-15-12-16(5-6-17(15)23)28(26,27)21(3)4/h5-6,11-12H,7-10H2,1-4H3. The predicted octanol–water partition coefficient (Wildman–Crippen LogP) is 1.09. The summed E-state index contributed by atoms with van der Waals surface area (Å²) in [5, 5.41) is 0. The normalized spacial score (nSPS) is 13.8. The van der Waals surface area contributed by atoms with E-state index in [0.717, 1.165) is 16.9 Å². The van der Waals surface area contributed by atoms with Gasteiger partial charge in [-0.05, 0) is 50.1 Å². The molecule has 9 heteroatoms. The Morgan fingerprint density at radius 2 is 1.93 bits per heavy atom. The number of carbonyl (C=O) groups is 1. The molecule has 1 amide bonds. The van der Waals surface area contributed by atoms with Crippen molar-refractivity contribution in [1.29, 1.82) is 0 Å². The van der Waals surface area contributed by atoms with E-state index in [-0.39, 0.29) is 29.5 Å². The Bertz CT molecular complexity index is 1090. The van der Waals surface area contributed by atoms with Crippen molar-refractivity contribution >= 4 is 21.6 Å². The van der Waals surface area contributed by atoms with Crippen LogP contribution in [-0.2, 0) is 27.8 Å². The lowest BCUT2D eigenvalue weighted by Gasteiger charge is -2.19. The molecular formula is C19H24N4O4S. The van der Waals surface area contributed by atoms with Crippen LogP contribution in [-0.4, -0.2) is 48.8 Å². The summed E-state index contributed by atoms with van der Waals surface area (Å²) in [6, 6.07) is 6.65. The van der Waals surface area contributed by atoms with Gasteiger partial charge in [-0.25, -0.2) is 17.5 Å². The molecule has 1 aromatic heterocycles. The smallest absolute Gasteiger partial charge is 0.312 e. The van der Waals surface area contributed by atoms with Crippen LogP contribution in [0.1, 0.15) is 23.4 Å². The molecule has 150 valence electrons. The predicted molar refractivity (Wildman–Crippen MR) is 106 cm³/mol. The molecule has 0 radical (unpaired) electrons. The Labute approximate surface area is 164 Å². The second kappa shape index (κ2) is 7.48. The molecule has 3 rings (SSSR count). The first-order valence-corrected chi connectivity index (χ1v) is 10.5. The zero-order valence-electron chi connectivity index (χ0n) is 16.5. The van der Waals surface area contributed by atoms with Crippen molar-refractivity contribution < 1.29 is 13.2 Å². The summed E-state index contributed by atoms with van der Waals surface area (Å²) in [4.78, 5) is 30.6. The zero-order valence-corrected chi connectivity index (χ0v) is 17.3. The van der Waals surface area contributed by atoms with E-state index in [2.05, 4.69) is 4.98 Å². The average molecular weight is 404 g/mol. The van der Waals surface area contributed by atoms with Crippen LogP contribution in [0, 0.1) is 13.8 Å². The van der Waals surface area contributed by atoms with Gasteiger partial charge in [0, 0.05) is 50.7 Å². The highest BCUT2D eigenvalue weighted by Crippen LogP contribution is 2.31. The molecule has 8 nitrogen and oxygen atoms in total. The van der Waals surface area contributed by atoms with Gasteiger partial charge in [0.1, 0.15) is 0 Å². The SMILES string of the molecule is Cc1cc(C)n(CCC(=O)N2CCc3cc(S(=O)(=O)N(C)C)ccc32)c(=O)n1. The van der Waals surface area contributed by atoms with E-state index < -0.39 is 10.0 Å². The maximum atomic E-state index is 12.7. The molecule has 0 bridgehead atoms. The number of benzene rings is 1. The maximum Gasteiger partial charge on any atom is 0.347 e. The van der Waals surface area contributed by atoms with Gasteiger partial charge >= 0.3 is 5.69 Å². The van der Waals surface area contributed by atoms with E-state index in [0.29, 0.717) is 18.7 Å². The number of aryl methyl sites for hydroxylation is 2. The summed E-state index contributed by atoms with van der Waals surface area (Å²) >= 11 is 0. The molecule has 0 atom stereocenters. The molecule has 28 heavy (non-hydrogen) atoms. The number of rotatable bonds is 5.